The van der Waals surface area contributed by atoms with Crippen LogP contribution in [0.2, 0.25) is 0 Å². The summed E-state index contributed by atoms with van der Waals surface area (Å²) in [6.45, 7) is 0. The lowest BCUT2D eigenvalue weighted by Crippen LogP contribution is -2.10. The summed E-state index contributed by atoms with van der Waals surface area (Å²) in [6.07, 6.45) is 0. The second kappa shape index (κ2) is 5.52. The number of aromatic hydroxyl groups is 2. The van der Waals surface area contributed by atoms with Crippen molar-refractivity contribution >= 4 is 11.7 Å². The molecular weight excluding hydrogens is 258 g/mol. The zero-order valence-corrected chi connectivity index (χ0v) is 11.2. The molecule has 5 heteroatoms. The van der Waals surface area contributed by atoms with Crippen LogP contribution in [0.5, 0.6) is 17.2 Å². The average Bonchev–Trinajstić information content (AvgIpc) is 2.39. The maximum atomic E-state index is 11.9. The van der Waals surface area contributed by atoms with Crippen LogP contribution in [-0.4, -0.2) is 30.3 Å². The Bertz CT molecular complexity index is 620. The number of esters is 1. The maximum Gasteiger partial charge on any atom is 0.347 e. The number of phenols is 2. The molecule has 0 aliphatic carbocycles. The molecule has 0 unspecified atom stereocenters. The molecule has 0 spiro atoms. The first kappa shape index (κ1) is 13.7. The second-order valence-corrected chi connectivity index (χ2v) is 4.48. The van der Waals surface area contributed by atoms with E-state index in [1.54, 1.807) is 12.1 Å². The highest BCUT2D eigenvalue weighted by Crippen LogP contribution is 2.24. The highest BCUT2D eigenvalue weighted by Gasteiger charge is 2.14. The van der Waals surface area contributed by atoms with Crippen molar-refractivity contribution in [2.75, 3.05) is 19.0 Å². The number of phenolic OH excluding ortho intramolecular Hbond substituents is 2. The minimum Gasteiger partial charge on any atom is -0.508 e. The number of nitrogens with zero attached hydrogens (tertiary/aromatic N) is 1. The minimum absolute atomic E-state index is 0.000476. The molecule has 0 aromatic heterocycles. The van der Waals surface area contributed by atoms with Gasteiger partial charge in [0, 0.05) is 25.8 Å². The molecule has 2 rings (SSSR count). The van der Waals surface area contributed by atoms with Gasteiger partial charge in [-0.1, -0.05) is 0 Å². The number of carbonyl (C=O) groups excluding carboxylic acids is 1. The topological polar surface area (TPSA) is 70.0 Å². The van der Waals surface area contributed by atoms with Crippen LogP contribution in [0, 0.1) is 0 Å². The first-order valence-electron chi connectivity index (χ1n) is 5.99. The van der Waals surface area contributed by atoms with Gasteiger partial charge in [-0.25, -0.2) is 4.79 Å². The Morgan fingerprint density at radius 2 is 1.70 bits per heavy atom. The van der Waals surface area contributed by atoms with Gasteiger partial charge < -0.3 is 19.8 Å². The molecule has 20 heavy (non-hydrogen) atoms. The summed E-state index contributed by atoms with van der Waals surface area (Å²) in [5.41, 5.74) is 0.983. The lowest BCUT2D eigenvalue weighted by atomic mass is 10.2. The van der Waals surface area contributed by atoms with Gasteiger partial charge >= 0.3 is 5.97 Å². The summed E-state index contributed by atoms with van der Waals surface area (Å²) in [5.74, 6) is -0.734. The minimum atomic E-state index is -0.680. The van der Waals surface area contributed by atoms with Crippen molar-refractivity contribution in [3.8, 4) is 17.2 Å². The van der Waals surface area contributed by atoms with Gasteiger partial charge in [-0.15, -0.1) is 0 Å². The number of ether oxygens (including phenoxy) is 1. The Hall–Kier alpha value is -2.69. The van der Waals surface area contributed by atoms with E-state index in [1.165, 1.54) is 12.1 Å². The van der Waals surface area contributed by atoms with Crippen LogP contribution in [0.25, 0.3) is 0 Å². The van der Waals surface area contributed by atoms with E-state index in [9.17, 15) is 15.0 Å². The molecule has 0 amide bonds. The van der Waals surface area contributed by atoms with Crippen LogP contribution in [0.1, 0.15) is 10.4 Å². The first-order valence-corrected chi connectivity index (χ1v) is 5.99. The van der Waals surface area contributed by atoms with Crippen LogP contribution in [0.3, 0.4) is 0 Å². The Morgan fingerprint density at radius 3 is 2.25 bits per heavy atom. The molecule has 0 aliphatic heterocycles. The highest BCUT2D eigenvalue weighted by atomic mass is 16.5. The largest absolute Gasteiger partial charge is 0.508 e. The van der Waals surface area contributed by atoms with E-state index in [4.69, 9.17) is 4.74 Å². The van der Waals surface area contributed by atoms with Gasteiger partial charge in [-0.3, -0.25) is 0 Å². The van der Waals surface area contributed by atoms with E-state index in [0.717, 1.165) is 11.8 Å². The van der Waals surface area contributed by atoms with Crippen LogP contribution in [-0.2, 0) is 0 Å². The number of hydrogen-bond donors (Lipinski definition) is 2. The molecule has 0 aliphatic rings. The predicted molar refractivity (Wildman–Crippen MR) is 75.5 cm³/mol. The zero-order chi connectivity index (χ0) is 14.7. The number of carbonyl (C=O) groups is 1. The number of anilines is 1. The molecule has 2 aromatic rings. The van der Waals surface area contributed by atoms with E-state index in [1.807, 2.05) is 31.1 Å². The van der Waals surface area contributed by atoms with Gasteiger partial charge in [-0.05, 0) is 36.4 Å². The third-order valence-corrected chi connectivity index (χ3v) is 2.76. The summed E-state index contributed by atoms with van der Waals surface area (Å²) in [6, 6.07) is 10.7. The fraction of sp³-hybridized carbons (Fsp3) is 0.133. The molecule has 2 N–H and O–H groups in total. The molecular formula is C15H15NO4. The lowest BCUT2D eigenvalue weighted by Gasteiger charge is -2.12. The van der Waals surface area contributed by atoms with E-state index < -0.39 is 5.97 Å². The molecule has 0 saturated heterocycles. The maximum absolute atomic E-state index is 11.9. The van der Waals surface area contributed by atoms with Gasteiger partial charge in [0.1, 0.15) is 22.8 Å². The molecule has 5 nitrogen and oxygen atoms in total. The molecule has 0 radical (unpaired) electrons. The molecule has 104 valence electrons. The quantitative estimate of drug-likeness (QED) is 0.663. The fourth-order valence-corrected chi connectivity index (χ4v) is 1.67. The summed E-state index contributed by atoms with van der Waals surface area (Å²) >= 11 is 0. The lowest BCUT2D eigenvalue weighted by molar-refractivity contribution is 0.0731. The Labute approximate surface area is 116 Å². The average molecular weight is 273 g/mol. The van der Waals surface area contributed by atoms with Crippen molar-refractivity contribution in [1.82, 2.24) is 0 Å². The van der Waals surface area contributed by atoms with Crippen LogP contribution >= 0.6 is 0 Å². The van der Waals surface area contributed by atoms with Crippen molar-refractivity contribution in [1.29, 1.82) is 0 Å². The third kappa shape index (κ3) is 3.00. The standard InChI is InChI=1S/C15H15NO4/c1-16(2)10-3-6-12(7-4-10)20-15(19)13-8-5-11(17)9-14(13)18/h3-9,17-18H,1-2H3. The van der Waals surface area contributed by atoms with Gasteiger partial charge in [0.25, 0.3) is 0 Å². The van der Waals surface area contributed by atoms with Gasteiger partial charge in [0.2, 0.25) is 0 Å². The van der Waals surface area contributed by atoms with Crippen molar-refractivity contribution in [3.63, 3.8) is 0 Å². The predicted octanol–water partition coefficient (Wildman–Crippen LogP) is 2.38. The number of hydrogen-bond acceptors (Lipinski definition) is 5. The second-order valence-electron chi connectivity index (χ2n) is 4.48. The summed E-state index contributed by atoms with van der Waals surface area (Å²) in [7, 11) is 3.82. The molecule has 0 bridgehead atoms. The summed E-state index contributed by atoms with van der Waals surface area (Å²) in [4.78, 5) is 13.8. The van der Waals surface area contributed by atoms with Crippen LogP contribution in [0.15, 0.2) is 42.5 Å². The smallest absolute Gasteiger partial charge is 0.347 e. The molecule has 0 atom stereocenters. The highest BCUT2D eigenvalue weighted by molar-refractivity contribution is 5.94. The Morgan fingerprint density at radius 1 is 1.05 bits per heavy atom. The van der Waals surface area contributed by atoms with Crippen molar-refractivity contribution in [3.05, 3.63) is 48.0 Å². The third-order valence-electron chi connectivity index (χ3n) is 2.76. The molecule has 2 aromatic carbocycles. The van der Waals surface area contributed by atoms with E-state index in [0.29, 0.717) is 5.75 Å². The summed E-state index contributed by atoms with van der Waals surface area (Å²) < 4.78 is 5.16. The Kier molecular flexibility index (Phi) is 3.79. The normalized spacial score (nSPS) is 10.1. The fourth-order valence-electron chi connectivity index (χ4n) is 1.67. The number of benzene rings is 2. The first-order chi connectivity index (χ1) is 9.47. The van der Waals surface area contributed by atoms with Crippen LogP contribution in [0.4, 0.5) is 5.69 Å². The van der Waals surface area contributed by atoms with Crippen molar-refractivity contribution in [2.24, 2.45) is 0 Å². The number of rotatable bonds is 3. The van der Waals surface area contributed by atoms with Gasteiger partial charge in [-0.2, -0.15) is 0 Å². The molecule has 0 heterocycles. The Balaban J connectivity index is 2.15. The van der Waals surface area contributed by atoms with Crippen molar-refractivity contribution in [2.45, 2.75) is 0 Å². The summed E-state index contributed by atoms with van der Waals surface area (Å²) in [5, 5.41) is 18.8. The SMILES string of the molecule is CN(C)c1ccc(OC(=O)c2ccc(O)cc2O)cc1. The van der Waals surface area contributed by atoms with E-state index in [-0.39, 0.29) is 17.1 Å². The van der Waals surface area contributed by atoms with E-state index in [2.05, 4.69) is 0 Å². The zero-order valence-electron chi connectivity index (χ0n) is 11.2. The molecule has 0 fully saturated rings. The van der Waals surface area contributed by atoms with E-state index >= 15 is 0 Å². The molecule has 0 saturated carbocycles. The van der Waals surface area contributed by atoms with Crippen molar-refractivity contribution < 1.29 is 19.7 Å². The van der Waals surface area contributed by atoms with Crippen LogP contribution < -0.4 is 9.64 Å². The van der Waals surface area contributed by atoms with Gasteiger partial charge in [0.15, 0.2) is 0 Å². The monoisotopic (exact) mass is 273 g/mol. The van der Waals surface area contributed by atoms with Gasteiger partial charge in [0.05, 0.1) is 0 Å².